The quantitative estimate of drug-likeness (QED) is 0.190. The second-order valence-corrected chi connectivity index (χ2v) is 14.2. The zero-order chi connectivity index (χ0) is 33.5. The third-order valence-corrected chi connectivity index (χ3v) is 6.40. The summed E-state index contributed by atoms with van der Waals surface area (Å²) in [6.45, 7) is 35.5. The third-order valence-electron chi connectivity index (χ3n) is 6.40. The lowest BCUT2D eigenvalue weighted by molar-refractivity contribution is -0.191. The molecule has 7 atom stereocenters. The molecule has 8 heteroatoms. The third kappa shape index (κ3) is 49.9. The van der Waals surface area contributed by atoms with E-state index in [9.17, 15) is 0 Å². The number of ether oxygens (including phenoxy) is 3. The van der Waals surface area contributed by atoms with Crippen molar-refractivity contribution in [2.45, 2.75) is 159 Å². The fraction of sp³-hybridized carbons (Fsp3) is 0.939. The SMILES string of the molecule is C1CC2OC2CC1C1CO1.CC.CC1CO1.CCC.CCC(C)(C)C.CCC(C)(C)CC.CPP.O=C=O.[CH2+]CO. The maximum atomic E-state index is 8.12. The van der Waals surface area contributed by atoms with Crippen molar-refractivity contribution in [1.29, 1.82) is 0 Å². The number of fused-ring (bicyclic) bond motifs is 1. The largest absolute Gasteiger partial charge is 0.373 e. The smallest absolute Gasteiger partial charge is 0.373 e. The van der Waals surface area contributed by atoms with Gasteiger partial charge in [-0.25, -0.2) is 0 Å². The fourth-order valence-corrected chi connectivity index (χ4v) is 2.45. The number of aliphatic hydroxyl groups excluding tert-OH is 1. The molecule has 7 unspecified atom stereocenters. The van der Waals surface area contributed by atoms with Gasteiger partial charge < -0.3 is 19.3 Å². The van der Waals surface area contributed by atoms with Gasteiger partial charge in [-0.3, -0.25) is 0 Å². The van der Waals surface area contributed by atoms with Crippen molar-refractivity contribution in [2.75, 3.05) is 26.5 Å². The maximum absolute atomic E-state index is 8.12. The van der Waals surface area contributed by atoms with E-state index >= 15 is 0 Å². The Kier molecular flexibility index (Phi) is 42.5. The van der Waals surface area contributed by atoms with Gasteiger partial charge in [-0.05, 0) is 49.6 Å². The predicted octanol–water partition coefficient (Wildman–Crippen LogP) is 9.39. The fourth-order valence-electron chi connectivity index (χ4n) is 2.45. The molecule has 4 rings (SSSR count). The van der Waals surface area contributed by atoms with E-state index in [1.165, 1.54) is 44.9 Å². The topological polar surface area (TPSA) is 92.0 Å². The monoisotopic (exact) mass is 627 g/mol. The first-order valence-corrected chi connectivity index (χ1v) is 19.1. The van der Waals surface area contributed by atoms with Gasteiger partial charge in [0, 0.05) is 0 Å². The van der Waals surface area contributed by atoms with Gasteiger partial charge in [0.25, 0.3) is 0 Å². The molecule has 250 valence electrons. The molecule has 0 bridgehead atoms. The molecule has 0 amide bonds. The van der Waals surface area contributed by atoms with Crippen molar-refractivity contribution in [2.24, 2.45) is 16.7 Å². The minimum absolute atomic E-state index is 0. The van der Waals surface area contributed by atoms with Gasteiger partial charge >= 0.3 is 6.15 Å². The van der Waals surface area contributed by atoms with Crippen molar-refractivity contribution in [3.63, 3.8) is 0 Å². The number of carbonyl (C=O) groups excluding carboxylic acids is 2. The average molecular weight is 628 g/mol. The second kappa shape index (κ2) is 34.4. The van der Waals surface area contributed by atoms with Crippen molar-refractivity contribution in [1.82, 2.24) is 0 Å². The molecular formula is C33H73O6P2+. The van der Waals surface area contributed by atoms with Gasteiger partial charge in [0.05, 0.1) is 44.6 Å². The molecule has 3 saturated heterocycles. The molecule has 3 heterocycles. The Labute approximate surface area is 261 Å². The molecule has 3 aliphatic heterocycles. The van der Waals surface area contributed by atoms with E-state index in [2.05, 4.69) is 98.7 Å². The molecule has 4 fully saturated rings. The van der Waals surface area contributed by atoms with Crippen molar-refractivity contribution in [3.05, 3.63) is 6.92 Å². The van der Waals surface area contributed by atoms with Crippen LogP contribution in [0.5, 0.6) is 0 Å². The van der Waals surface area contributed by atoms with Gasteiger partial charge in [-0.2, -0.15) is 9.59 Å². The highest BCUT2D eigenvalue weighted by atomic mass is 32.0. The Morgan fingerprint density at radius 2 is 1.20 bits per heavy atom. The molecule has 0 aromatic rings. The summed E-state index contributed by atoms with van der Waals surface area (Å²) >= 11 is 0. The lowest BCUT2D eigenvalue weighted by Gasteiger charge is -2.18. The van der Waals surface area contributed by atoms with E-state index < -0.39 is 0 Å². The van der Waals surface area contributed by atoms with E-state index in [4.69, 9.17) is 28.9 Å². The van der Waals surface area contributed by atoms with Crippen LogP contribution in [0.1, 0.15) is 135 Å². The highest BCUT2D eigenvalue weighted by Crippen LogP contribution is 2.43. The molecule has 6 nitrogen and oxygen atoms in total. The second-order valence-electron chi connectivity index (χ2n) is 11.9. The molecule has 4 aliphatic rings. The predicted molar refractivity (Wildman–Crippen MR) is 184 cm³/mol. The summed E-state index contributed by atoms with van der Waals surface area (Å²) in [5, 5.41) is 7.46. The van der Waals surface area contributed by atoms with Crippen LogP contribution in [0.4, 0.5) is 0 Å². The van der Waals surface area contributed by atoms with Crippen LogP contribution in [0.15, 0.2) is 0 Å². The summed E-state index contributed by atoms with van der Waals surface area (Å²) in [6.07, 6.45) is 11.7. The van der Waals surface area contributed by atoms with Crippen LogP contribution < -0.4 is 0 Å². The first-order valence-electron chi connectivity index (χ1n) is 15.8. The molecule has 1 aliphatic carbocycles. The Morgan fingerprint density at radius 1 is 0.878 bits per heavy atom. The van der Waals surface area contributed by atoms with Crippen molar-refractivity contribution >= 4 is 23.3 Å². The van der Waals surface area contributed by atoms with Gasteiger partial charge in [0.2, 0.25) is 0 Å². The standard InChI is InChI=1S/C8H12O2.C7H16.C6H14.C3H6O.C3H8.C2H5O.C2H6.CO2.CH6P2/c1-2-6-7(10-6)3-5(1)8-4-9-8;1-5-7(3,4)6-2;1-5-6(2,3)4;1-3-2-4-3;1-3-2;1-2-3;1-2;2-1-3;1-3-2/h5-8H,1-4H2;5-6H2,1-4H3;5H2,1-4H3;3H,2H2,1H3;3H2,1-2H3;3H,1-2H2;1-2H3;;3H,2H2,1H3/q;;;;;+1;;;. The number of hydrogen-bond donors (Lipinski definition) is 1. The molecule has 0 aromatic heterocycles. The first-order chi connectivity index (χ1) is 19.2. The molecule has 0 spiro atoms. The summed E-state index contributed by atoms with van der Waals surface area (Å²) in [7, 11) is 3.61. The van der Waals surface area contributed by atoms with Crippen LogP contribution in [0.3, 0.4) is 0 Å². The van der Waals surface area contributed by atoms with Crippen molar-refractivity contribution in [3.8, 4) is 0 Å². The zero-order valence-corrected chi connectivity index (χ0v) is 31.9. The molecule has 0 radical (unpaired) electrons. The Balaban J connectivity index is -0.000000126. The average Bonchev–Trinajstić information content (AvgIpc) is 3.77. The summed E-state index contributed by atoms with van der Waals surface area (Å²) < 4.78 is 15.4. The summed E-state index contributed by atoms with van der Waals surface area (Å²) in [5.74, 6) is 0.837. The van der Waals surface area contributed by atoms with Crippen LogP contribution in [-0.2, 0) is 23.8 Å². The number of hydrogen-bond acceptors (Lipinski definition) is 6. The minimum atomic E-state index is 0. The molecule has 0 aromatic carbocycles. The lowest BCUT2D eigenvalue weighted by atomic mass is 9.87. The summed E-state index contributed by atoms with van der Waals surface area (Å²) in [5.41, 5.74) is 1.12. The Bertz CT molecular complexity index is 516. The van der Waals surface area contributed by atoms with Gasteiger partial charge in [0.15, 0.2) is 6.61 Å². The Morgan fingerprint density at radius 3 is 1.37 bits per heavy atom. The highest BCUT2D eigenvalue weighted by molar-refractivity contribution is 8.02. The highest BCUT2D eigenvalue weighted by Gasteiger charge is 2.48. The lowest BCUT2D eigenvalue weighted by Crippen LogP contribution is -2.17. The molecular weight excluding hydrogens is 554 g/mol. The van der Waals surface area contributed by atoms with E-state index in [0.29, 0.717) is 35.2 Å². The molecule has 1 saturated carbocycles. The number of aliphatic hydroxyl groups is 1. The number of rotatable bonds is 3. The van der Waals surface area contributed by atoms with E-state index in [0.717, 1.165) is 27.4 Å². The van der Waals surface area contributed by atoms with Gasteiger partial charge in [-0.1, -0.05) is 109 Å². The summed E-state index contributed by atoms with van der Waals surface area (Å²) in [4.78, 5) is 16.2. The van der Waals surface area contributed by atoms with Crippen molar-refractivity contribution < 1.29 is 28.9 Å². The van der Waals surface area contributed by atoms with Crippen LogP contribution in [0.25, 0.3) is 0 Å². The molecule has 1 N–H and O–H groups in total. The van der Waals surface area contributed by atoms with Crippen LogP contribution in [0.2, 0.25) is 0 Å². The summed E-state index contributed by atoms with van der Waals surface area (Å²) in [6, 6.07) is 0. The van der Waals surface area contributed by atoms with Crippen LogP contribution in [0, 0.1) is 23.7 Å². The van der Waals surface area contributed by atoms with E-state index in [1.54, 1.807) is 0 Å². The minimum Gasteiger partial charge on any atom is -0.373 e. The van der Waals surface area contributed by atoms with Gasteiger partial charge in [-0.15, -0.1) is 17.2 Å². The first kappa shape index (κ1) is 50.6. The number of epoxide rings is 3. The van der Waals surface area contributed by atoms with E-state index in [-0.39, 0.29) is 12.8 Å². The van der Waals surface area contributed by atoms with Gasteiger partial charge in [0.1, 0.15) is 0 Å². The zero-order valence-electron chi connectivity index (χ0n) is 29.7. The van der Waals surface area contributed by atoms with E-state index in [1.807, 2.05) is 13.8 Å². The molecule has 41 heavy (non-hydrogen) atoms. The van der Waals surface area contributed by atoms with Crippen LogP contribution in [-0.4, -0.2) is 62.2 Å². The Hall–Kier alpha value is -0.0500. The van der Waals surface area contributed by atoms with Crippen LogP contribution >= 0.6 is 17.2 Å². The maximum Gasteiger partial charge on any atom is 0.373 e. The normalized spacial score (nSPS) is 23.7.